The minimum atomic E-state index is -1.12. The highest BCUT2D eigenvalue weighted by Crippen LogP contribution is 2.20. The van der Waals surface area contributed by atoms with Gasteiger partial charge in [-0.2, -0.15) is 5.10 Å². The molecule has 2 heterocycles. The first-order chi connectivity index (χ1) is 12.3. The lowest BCUT2D eigenvalue weighted by molar-refractivity contribution is -0.160. The normalized spacial score (nSPS) is 20.2. The Kier molecular flexibility index (Phi) is 4.78. The Morgan fingerprint density at radius 1 is 1.27 bits per heavy atom. The van der Waals surface area contributed by atoms with Crippen LogP contribution >= 0.6 is 0 Å². The van der Waals surface area contributed by atoms with E-state index in [0.717, 1.165) is 17.5 Å². The van der Waals surface area contributed by atoms with Gasteiger partial charge in [-0.3, -0.25) is 4.79 Å². The van der Waals surface area contributed by atoms with Crippen LogP contribution in [-0.2, 0) is 9.53 Å². The van der Waals surface area contributed by atoms with Gasteiger partial charge < -0.3 is 14.7 Å². The van der Waals surface area contributed by atoms with Gasteiger partial charge in [0.05, 0.1) is 18.3 Å². The molecule has 0 saturated carbocycles. The molecule has 7 nitrogen and oxygen atoms in total. The average molecular weight is 361 g/mol. The second-order valence-electron chi connectivity index (χ2n) is 6.49. The Balaban J connectivity index is 1.85. The first-order valence-corrected chi connectivity index (χ1v) is 8.27. The van der Waals surface area contributed by atoms with Crippen molar-refractivity contribution in [2.75, 3.05) is 13.1 Å². The third-order valence-corrected chi connectivity index (χ3v) is 4.26. The fourth-order valence-electron chi connectivity index (χ4n) is 3.12. The summed E-state index contributed by atoms with van der Waals surface area (Å²) in [6.07, 6.45) is -1.49. The van der Waals surface area contributed by atoms with Crippen molar-refractivity contribution < 1.29 is 23.8 Å². The molecule has 1 saturated heterocycles. The number of benzene rings is 1. The van der Waals surface area contributed by atoms with Crippen molar-refractivity contribution in [3.05, 3.63) is 47.0 Å². The van der Waals surface area contributed by atoms with Crippen LogP contribution < -0.4 is 0 Å². The third-order valence-electron chi connectivity index (χ3n) is 4.26. The number of hydrogen-bond acceptors (Lipinski definition) is 4. The lowest BCUT2D eigenvalue weighted by Gasteiger charge is -2.35. The van der Waals surface area contributed by atoms with E-state index in [1.54, 1.807) is 6.92 Å². The van der Waals surface area contributed by atoms with Gasteiger partial charge in [0.25, 0.3) is 5.91 Å². The van der Waals surface area contributed by atoms with Crippen molar-refractivity contribution >= 4 is 11.9 Å². The van der Waals surface area contributed by atoms with Crippen molar-refractivity contribution in [1.29, 1.82) is 0 Å². The molecular weight excluding hydrogens is 341 g/mol. The van der Waals surface area contributed by atoms with Gasteiger partial charge in [-0.05, 0) is 45.0 Å². The summed E-state index contributed by atoms with van der Waals surface area (Å²) in [5.74, 6) is -2.12. The Morgan fingerprint density at radius 2 is 2.00 bits per heavy atom. The average Bonchev–Trinajstić information content (AvgIpc) is 2.91. The van der Waals surface area contributed by atoms with Crippen LogP contribution in [0.3, 0.4) is 0 Å². The zero-order chi connectivity index (χ0) is 19.0. The molecule has 1 unspecified atom stereocenters. The molecule has 0 aliphatic carbocycles. The smallest absolute Gasteiger partial charge is 0.334 e. The van der Waals surface area contributed by atoms with Crippen LogP contribution in [0.1, 0.15) is 28.7 Å². The lowest BCUT2D eigenvalue weighted by atomic mass is 10.1. The number of carboxylic acids is 1. The highest BCUT2D eigenvalue weighted by Gasteiger charge is 2.33. The predicted octanol–water partition coefficient (Wildman–Crippen LogP) is 1.94. The second kappa shape index (κ2) is 6.87. The number of carbonyl (C=O) groups is 2. The summed E-state index contributed by atoms with van der Waals surface area (Å²) in [5.41, 5.74) is 1.97. The largest absolute Gasteiger partial charge is 0.479 e. The van der Waals surface area contributed by atoms with Crippen molar-refractivity contribution in [3.63, 3.8) is 0 Å². The molecule has 1 aliphatic rings. The molecule has 26 heavy (non-hydrogen) atoms. The molecule has 3 rings (SSSR count). The Hall–Kier alpha value is -2.74. The van der Waals surface area contributed by atoms with Crippen molar-refractivity contribution in [2.45, 2.75) is 33.0 Å². The number of carboxylic acid groups (broad SMARTS) is 1. The number of hydrogen-bond donors (Lipinski definition) is 1. The van der Waals surface area contributed by atoms with Gasteiger partial charge in [-0.25, -0.2) is 13.9 Å². The van der Waals surface area contributed by atoms with E-state index in [1.807, 2.05) is 19.9 Å². The summed E-state index contributed by atoms with van der Waals surface area (Å²) >= 11 is 0. The van der Waals surface area contributed by atoms with Crippen LogP contribution in [0.2, 0.25) is 0 Å². The zero-order valence-corrected chi connectivity index (χ0v) is 14.8. The number of halogens is 1. The van der Waals surface area contributed by atoms with Crippen LogP contribution in [0.15, 0.2) is 24.3 Å². The van der Waals surface area contributed by atoms with Gasteiger partial charge >= 0.3 is 5.97 Å². The Morgan fingerprint density at radius 3 is 2.58 bits per heavy atom. The summed E-state index contributed by atoms with van der Waals surface area (Å²) in [6, 6.07) is 6.01. The molecule has 1 aromatic heterocycles. The summed E-state index contributed by atoms with van der Waals surface area (Å²) in [5, 5.41) is 13.4. The number of aromatic nitrogens is 2. The molecule has 1 aliphatic heterocycles. The van der Waals surface area contributed by atoms with E-state index in [0.29, 0.717) is 0 Å². The maximum absolute atomic E-state index is 14.6. The number of amides is 1. The van der Waals surface area contributed by atoms with E-state index < -0.39 is 29.9 Å². The number of carbonyl (C=O) groups excluding carboxylic acids is 1. The van der Waals surface area contributed by atoms with E-state index in [9.17, 15) is 14.0 Å². The molecule has 8 heteroatoms. The van der Waals surface area contributed by atoms with E-state index >= 15 is 0 Å². The zero-order valence-electron chi connectivity index (χ0n) is 14.8. The fourth-order valence-corrected chi connectivity index (χ4v) is 3.12. The first-order valence-electron chi connectivity index (χ1n) is 8.27. The second-order valence-corrected chi connectivity index (χ2v) is 6.49. The summed E-state index contributed by atoms with van der Waals surface area (Å²) in [6.45, 7) is 5.52. The van der Waals surface area contributed by atoms with Crippen LogP contribution in [0.4, 0.5) is 4.39 Å². The van der Waals surface area contributed by atoms with E-state index in [4.69, 9.17) is 9.84 Å². The molecule has 1 N–H and O–H groups in total. The van der Waals surface area contributed by atoms with Crippen LogP contribution in [0.5, 0.6) is 0 Å². The summed E-state index contributed by atoms with van der Waals surface area (Å²) < 4.78 is 21.4. The minimum absolute atomic E-state index is 0.0701. The number of aliphatic carboxylic acids is 1. The van der Waals surface area contributed by atoms with Gasteiger partial charge in [0, 0.05) is 17.8 Å². The molecule has 0 bridgehead atoms. The SMILES string of the molecule is Cc1cc(C)n(-c2ccc(C(=O)N3CC(C(=O)O)O[C@H](C)C3)cc2F)n1. The molecular formula is C18H20FN3O4. The topological polar surface area (TPSA) is 84.7 Å². The van der Waals surface area contributed by atoms with E-state index in [2.05, 4.69) is 5.10 Å². The Labute approximate surface area is 150 Å². The standard InChI is InChI=1S/C18H20FN3O4/c1-10-6-11(2)22(20-10)15-5-4-13(7-14(15)19)17(23)21-8-12(3)26-16(9-21)18(24)25/h4-7,12,16H,8-9H2,1-3H3,(H,24,25)/t12-,16?/m1/s1. The van der Waals surface area contributed by atoms with Gasteiger partial charge in [-0.1, -0.05) is 0 Å². The molecule has 2 atom stereocenters. The molecule has 0 spiro atoms. The number of ether oxygens (including phenoxy) is 1. The predicted molar refractivity (Wildman–Crippen MR) is 90.9 cm³/mol. The molecule has 2 aromatic rings. The van der Waals surface area contributed by atoms with Gasteiger partial charge in [-0.15, -0.1) is 0 Å². The fraction of sp³-hybridized carbons (Fsp3) is 0.389. The van der Waals surface area contributed by atoms with Crippen molar-refractivity contribution in [1.82, 2.24) is 14.7 Å². The number of nitrogens with zero attached hydrogens (tertiary/aromatic N) is 3. The van der Waals surface area contributed by atoms with Gasteiger partial charge in [0.15, 0.2) is 6.10 Å². The van der Waals surface area contributed by atoms with Crippen molar-refractivity contribution in [2.24, 2.45) is 0 Å². The summed E-state index contributed by atoms with van der Waals surface area (Å²) in [4.78, 5) is 25.2. The van der Waals surface area contributed by atoms with Crippen LogP contribution in [0.25, 0.3) is 5.69 Å². The monoisotopic (exact) mass is 361 g/mol. The molecule has 138 valence electrons. The number of rotatable bonds is 3. The quantitative estimate of drug-likeness (QED) is 0.903. The third kappa shape index (κ3) is 3.45. The van der Waals surface area contributed by atoms with Crippen LogP contribution in [0, 0.1) is 19.7 Å². The maximum Gasteiger partial charge on any atom is 0.334 e. The minimum Gasteiger partial charge on any atom is -0.479 e. The van der Waals surface area contributed by atoms with Gasteiger partial charge in [0.1, 0.15) is 11.5 Å². The maximum atomic E-state index is 14.6. The molecule has 1 aromatic carbocycles. The lowest BCUT2D eigenvalue weighted by Crippen LogP contribution is -2.51. The van der Waals surface area contributed by atoms with E-state index in [1.165, 1.54) is 21.7 Å². The number of aryl methyl sites for hydroxylation is 2. The van der Waals surface area contributed by atoms with Crippen molar-refractivity contribution in [3.8, 4) is 5.69 Å². The van der Waals surface area contributed by atoms with Gasteiger partial charge in [0.2, 0.25) is 0 Å². The molecule has 1 fully saturated rings. The molecule has 1 amide bonds. The number of morpholine rings is 1. The summed E-state index contributed by atoms with van der Waals surface area (Å²) in [7, 11) is 0. The van der Waals surface area contributed by atoms with E-state index in [-0.39, 0.29) is 24.3 Å². The highest BCUT2D eigenvalue weighted by atomic mass is 19.1. The Bertz CT molecular complexity index is 864. The first kappa shape index (κ1) is 18.1. The van der Waals surface area contributed by atoms with Crippen LogP contribution in [-0.4, -0.2) is 57.0 Å². The highest BCUT2D eigenvalue weighted by molar-refractivity contribution is 5.95. The molecule has 0 radical (unpaired) electrons.